The van der Waals surface area contributed by atoms with Crippen LogP contribution in [0.2, 0.25) is 5.02 Å². The second-order valence-electron chi connectivity index (χ2n) is 9.55. The van der Waals surface area contributed by atoms with E-state index in [1.807, 2.05) is 0 Å². The topological polar surface area (TPSA) is 113 Å². The van der Waals surface area contributed by atoms with Gasteiger partial charge in [-0.2, -0.15) is 8.61 Å². The first-order valence-electron chi connectivity index (χ1n) is 12.9. The van der Waals surface area contributed by atoms with Crippen LogP contribution in [0.15, 0.2) is 52.3 Å². The van der Waals surface area contributed by atoms with Crippen molar-refractivity contribution in [1.29, 1.82) is 0 Å². The van der Waals surface area contributed by atoms with Crippen LogP contribution in [0, 0.1) is 5.92 Å². The third-order valence-corrected chi connectivity index (χ3v) is 11.0. The van der Waals surface area contributed by atoms with Gasteiger partial charge in [0.2, 0.25) is 26.0 Å². The number of carbonyl (C=O) groups is 1. The number of hydrogen-bond acceptors (Lipinski definition) is 6. The smallest absolute Gasteiger partial charge is 0.246 e. The van der Waals surface area contributed by atoms with Gasteiger partial charge in [0.05, 0.1) is 17.4 Å². The van der Waals surface area contributed by atoms with Gasteiger partial charge in [0.25, 0.3) is 0 Å². The zero-order valence-electron chi connectivity index (χ0n) is 21.4. The Morgan fingerprint density at radius 2 is 1.63 bits per heavy atom. The lowest BCUT2D eigenvalue weighted by molar-refractivity contribution is -0.126. The lowest BCUT2D eigenvalue weighted by Gasteiger charge is -2.31. The second-order valence-corrected chi connectivity index (χ2v) is 13.8. The molecule has 0 radical (unpaired) electrons. The molecule has 4 rings (SSSR count). The molecule has 9 nitrogen and oxygen atoms in total. The fourth-order valence-corrected chi connectivity index (χ4v) is 8.27. The predicted molar refractivity (Wildman–Crippen MR) is 145 cm³/mol. The summed E-state index contributed by atoms with van der Waals surface area (Å²) < 4.78 is 60.9. The Labute approximate surface area is 230 Å². The molecule has 0 unspecified atom stereocenters. The number of nitrogens with one attached hydrogen (secondary N) is 1. The number of sulfonamides is 2. The van der Waals surface area contributed by atoms with Crippen LogP contribution in [0.5, 0.6) is 5.75 Å². The van der Waals surface area contributed by atoms with Gasteiger partial charge in [-0.15, -0.1) is 0 Å². The third-order valence-electron chi connectivity index (χ3n) is 6.92. The highest BCUT2D eigenvalue weighted by atomic mass is 35.5. The molecule has 0 saturated carbocycles. The van der Waals surface area contributed by atoms with Crippen molar-refractivity contribution in [2.24, 2.45) is 5.92 Å². The van der Waals surface area contributed by atoms with Gasteiger partial charge < -0.3 is 10.1 Å². The van der Waals surface area contributed by atoms with Gasteiger partial charge in [-0.05, 0) is 68.5 Å². The molecular formula is C26H34ClN3O6S2. The molecule has 0 bridgehead atoms. The average molecular weight is 584 g/mol. The first-order chi connectivity index (χ1) is 18.1. The Balaban J connectivity index is 1.38. The summed E-state index contributed by atoms with van der Waals surface area (Å²) in [6, 6.07) is 11.0. The SMILES string of the molecule is CCOc1ccc(Cl)cc1S(=O)(=O)N1CCC[C@@H](C(=O)NCc2ccc(S(=O)(=O)N3CCCCC3)cc2)C1. The molecule has 2 aromatic carbocycles. The molecule has 2 fully saturated rings. The number of hydrogen-bond donors (Lipinski definition) is 1. The molecule has 2 aliphatic rings. The van der Waals surface area contributed by atoms with E-state index in [1.54, 1.807) is 37.3 Å². The highest BCUT2D eigenvalue weighted by molar-refractivity contribution is 7.89. The minimum atomic E-state index is -3.92. The number of piperidine rings is 2. The van der Waals surface area contributed by atoms with Crippen molar-refractivity contribution in [3.63, 3.8) is 0 Å². The quantitative estimate of drug-likeness (QED) is 0.482. The zero-order chi connectivity index (χ0) is 27.3. The van der Waals surface area contributed by atoms with E-state index in [0.29, 0.717) is 39.1 Å². The number of benzene rings is 2. The van der Waals surface area contributed by atoms with Crippen molar-refractivity contribution in [1.82, 2.24) is 13.9 Å². The number of halogens is 1. The van der Waals surface area contributed by atoms with Crippen molar-refractivity contribution >= 4 is 37.6 Å². The van der Waals surface area contributed by atoms with E-state index in [9.17, 15) is 21.6 Å². The van der Waals surface area contributed by atoms with Gasteiger partial charge in [0, 0.05) is 37.7 Å². The van der Waals surface area contributed by atoms with Crippen LogP contribution in [0.1, 0.15) is 44.6 Å². The molecule has 0 spiro atoms. The Morgan fingerprint density at radius 1 is 0.947 bits per heavy atom. The fraction of sp³-hybridized carbons (Fsp3) is 0.500. The van der Waals surface area contributed by atoms with Gasteiger partial charge in [0.15, 0.2) is 0 Å². The Kier molecular flexibility index (Phi) is 9.36. The Hall–Kier alpha value is -2.18. The maximum Gasteiger partial charge on any atom is 0.246 e. The van der Waals surface area contributed by atoms with E-state index in [2.05, 4.69) is 5.32 Å². The summed E-state index contributed by atoms with van der Waals surface area (Å²) in [5, 5.41) is 3.16. The molecule has 1 N–H and O–H groups in total. The molecule has 12 heteroatoms. The van der Waals surface area contributed by atoms with E-state index in [0.717, 1.165) is 24.8 Å². The fourth-order valence-electron chi connectivity index (χ4n) is 4.84. The van der Waals surface area contributed by atoms with E-state index in [1.165, 1.54) is 20.7 Å². The maximum atomic E-state index is 13.4. The van der Waals surface area contributed by atoms with Gasteiger partial charge in [-0.1, -0.05) is 30.2 Å². The summed E-state index contributed by atoms with van der Waals surface area (Å²) in [5.74, 6) is -0.521. The van der Waals surface area contributed by atoms with Crippen molar-refractivity contribution in [2.75, 3.05) is 32.8 Å². The van der Waals surface area contributed by atoms with Crippen LogP contribution < -0.4 is 10.1 Å². The van der Waals surface area contributed by atoms with Gasteiger partial charge >= 0.3 is 0 Å². The normalized spacial score (nSPS) is 19.7. The van der Waals surface area contributed by atoms with Gasteiger partial charge in [-0.3, -0.25) is 4.79 Å². The average Bonchev–Trinajstić information content (AvgIpc) is 2.93. The molecule has 0 aliphatic carbocycles. The molecular weight excluding hydrogens is 550 g/mol. The Bertz CT molecular complexity index is 1340. The molecule has 1 atom stereocenters. The molecule has 2 saturated heterocycles. The molecule has 0 aromatic heterocycles. The van der Waals surface area contributed by atoms with E-state index >= 15 is 0 Å². The van der Waals surface area contributed by atoms with Crippen LogP contribution in [-0.2, 0) is 31.4 Å². The highest BCUT2D eigenvalue weighted by Gasteiger charge is 2.35. The van der Waals surface area contributed by atoms with E-state index in [-0.39, 0.29) is 39.6 Å². The summed E-state index contributed by atoms with van der Waals surface area (Å²) in [4.78, 5) is 13.2. The summed E-state index contributed by atoms with van der Waals surface area (Å²) in [6.07, 6.45) is 3.90. The van der Waals surface area contributed by atoms with Gasteiger partial charge in [-0.25, -0.2) is 16.8 Å². The Morgan fingerprint density at radius 3 is 2.32 bits per heavy atom. The minimum Gasteiger partial charge on any atom is -0.492 e. The summed E-state index contributed by atoms with van der Waals surface area (Å²) in [5.41, 5.74) is 0.761. The third kappa shape index (κ3) is 6.51. The van der Waals surface area contributed by atoms with Crippen LogP contribution in [-0.4, -0.2) is 64.1 Å². The van der Waals surface area contributed by atoms with Crippen LogP contribution in [0.25, 0.3) is 0 Å². The van der Waals surface area contributed by atoms with E-state index < -0.39 is 26.0 Å². The lowest BCUT2D eigenvalue weighted by atomic mass is 9.99. The van der Waals surface area contributed by atoms with Gasteiger partial charge in [0.1, 0.15) is 10.6 Å². The molecule has 1 amide bonds. The van der Waals surface area contributed by atoms with Crippen LogP contribution in [0.4, 0.5) is 0 Å². The number of nitrogens with zero attached hydrogens (tertiary/aromatic N) is 2. The van der Waals surface area contributed by atoms with Crippen molar-refractivity contribution < 1.29 is 26.4 Å². The summed E-state index contributed by atoms with van der Waals surface area (Å²) in [6.45, 7) is 3.73. The summed E-state index contributed by atoms with van der Waals surface area (Å²) >= 11 is 6.08. The van der Waals surface area contributed by atoms with Crippen molar-refractivity contribution in [3.8, 4) is 5.75 Å². The largest absolute Gasteiger partial charge is 0.492 e. The second kappa shape index (κ2) is 12.3. The zero-order valence-corrected chi connectivity index (χ0v) is 23.8. The molecule has 2 aliphatic heterocycles. The number of rotatable bonds is 9. The molecule has 208 valence electrons. The number of carbonyl (C=O) groups excluding carboxylic acids is 1. The maximum absolute atomic E-state index is 13.4. The van der Waals surface area contributed by atoms with Crippen molar-refractivity contribution in [2.45, 2.75) is 55.4 Å². The van der Waals surface area contributed by atoms with E-state index in [4.69, 9.17) is 16.3 Å². The standard InChI is InChI=1S/C26H34ClN3O6S2/c1-2-36-24-13-10-22(27)17-25(24)38(34,35)30-16-6-7-21(19-30)26(31)28-18-20-8-11-23(12-9-20)37(32,33)29-14-4-3-5-15-29/h8-13,17,21H,2-7,14-16,18-19H2,1H3,(H,28,31)/t21-/m1/s1. The lowest BCUT2D eigenvalue weighted by Crippen LogP contribution is -2.45. The summed E-state index contributed by atoms with van der Waals surface area (Å²) in [7, 11) is -7.43. The minimum absolute atomic E-state index is 0.00694. The van der Waals surface area contributed by atoms with Crippen LogP contribution >= 0.6 is 11.6 Å². The predicted octanol–water partition coefficient (Wildman–Crippen LogP) is 3.63. The number of ether oxygens (including phenoxy) is 1. The molecule has 2 heterocycles. The highest BCUT2D eigenvalue weighted by Crippen LogP contribution is 2.32. The first-order valence-corrected chi connectivity index (χ1v) is 16.2. The molecule has 38 heavy (non-hydrogen) atoms. The first kappa shape index (κ1) is 28.8. The van der Waals surface area contributed by atoms with Crippen LogP contribution in [0.3, 0.4) is 0 Å². The monoisotopic (exact) mass is 583 g/mol. The molecule has 2 aromatic rings. The number of amides is 1. The van der Waals surface area contributed by atoms with Crippen molar-refractivity contribution in [3.05, 3.63) is 53.1 Å².